The molecule has 19 heavy (non-hydrogen) atoms. The molecule has 0 aromatic heterocycles. The van der Waals surface area contributed by atoms with E-state index in [1.165, 1.54) is 19.3 Å². The standard InChI is InChI=1S/C14H27N3O2/c1-14(2,3)19-12(18)9-10-16-13(15)17-11-7-5-4-6-8-11/h11H,4-10H2,1-3H3,(H3,15,16,17). The number of nitrogens with zero attached hydrogens (tertiary/aromatic N) is 1. The second-order valence-corrected chi connectivity index (χ2v) is 6.08. The first-order valence-corrected chi connectivity index (χ1v) is 7.15. The van der Waals surface area contributed by atoms with Gasteiger partial charge in [-0.25, -0.2) is 0 Å². The van der Waals surface area contributed by atoms with Crippen LogP contribution in [0.3, 0.4) is 0 Å². The fourth-order valence-corrected chi connectivity index (χ4v) is 2.16. The van der Waals surface area contributed by atoms with Gasteiger partial charge in [-0.15, -0.1) is 0 Å². The third-order valence-electron chi connectivity index (χ3n) is 2.98. The van der Waals surface area contributed by atoms with Crippen LogP contribution in [0.25, 0.3) is 0 Å². The lowest BCUT2D eigenvalue weighted by Crippen LogP contribution is -2.41. The van der Waals surface area contributed by atoms with Crippen molar-refractivity contribution in [3.05, 3.63) is 0 Å². The van der Waals surface area contributed by atoms with Crippen LogP contribution >= 0.6 is 0 Å². The smallest absolute Gasteiger partial charge is 0.308 e. The number of rotatable bonds is 4. The maximum atomic E-state index is 11.5. The summed E-state index contributed by atoms with van der Waals surface area (Å²) in [6.07, 6.45) is 6.40. The molecule has 0 aromatic carbocycles. The molecular formula is C14H27N3O2. The van der Waals surface area contributed by atoms with Crippen LogP contribution in [0.2, 0.25) is 0 Å². The van der Waals surface area contributed by atoms with Crippen LogP contribution in [0.4, 0.5) is 0 Å². The molecule has 0 atom stereocenters. The lowest BCUT2D eigenvalue weighted by Gasteiger charge is -2.23. The molecule has 3 N–H and O–H groups in total. The first-order chi connectivity index (χ1) is 8.87. The van der Waals surface area contributed by atoms with Crippen molar-refractivity contribution in [1.82, 2.24) is 5.32 Å². The van der Waals surface area contributed by atoms with Crippen LogP contribution in [0.15, 0.2) is 4.99 Å². The van der Waals surface area contributed by atoms with E-state index in [2.05, 4.69) is 10.3 Å². The number of carbonyl (C=O) groups excluding carboxylic acids is 1. The quantitative estimate of drug-likeness (QED) is 0.464. The molecule has 110 valence electrons. The summed E-state index contributed by atoms with van der Waals surface area (Å²) >= 11 is 0. The minimum Gasteiger partial charge on any atom is -0.460 e. The van der Waals surface area contributed by atoms with E-state index in [0.717, 1.165) is 12.8 Å². The first-order valence-electron chi connectivity index (χ1n) is 7.15. The molecule has 1 rings (SSSR count). The molecular weight excluding hydrogens is 242 g/mol. The zero-order valence-corrected chi connectivity index (χ0v) is 12.4. The van der Waals surface area contributed by atoms with E-state index >= 15 is 0 Å². The largest absolute Gasteiger partial charge is 0.460 e. The summed E-state index contributed by atoms with van der Waals surface area (Å²) in [6.45, 7) is 5.94. The molecule has 0 amide bonds. The van der Waals surface area contributed by atoms with Gasteiger partial charge < -0.3 is 15.8 Å². The summed E-state index contributed by atoms with van der Waals surface area (Å²) in [5, 5.41) is 3.22. The molecule has 5 heteroatoms. The molecule has 0 saturated heterocycles. The summed E-state index contributed by atoms with van der Waals surface area (Å²) in [5.74, 6) is 0.206. The topological polar surface area (TPSA) is 76.7 Å². The Labute approximate surface area is 116 Å². The van der Waals surface area contributed by atoms with Crippen molar-refractivity contribution in [2.24, 2.45) is 10.7 Å². The van der Waals surface area contributed by atoms with Crippen molar-refractivity contribution < 1.29 is 9.53 Å². The number of aliphatic imine (C=N–C) groups is 1. The number of guanidine groups is 1. The molecule has 1 aliphatic rings. The van der Waals surface area contributed by atoms with Gasteiger partial charge in [-0.3, -0.25) is 9.79 Å². The third-order valence-corrected chi connectivity index (χ3v) is 2.98. The van der Waals surface area contributed by atoms with Gasteiger partial charge in [0.15, 0.2) is 5.96 Å². The fraction of sp³-hybridized carbons (Fsp3) is 0.857. The zero-order valence-electron chi connectivity index (χ0n) is 12.4. The Morgan fingerprint density at radius 2 is 1.95 bits per heavy atom. The van der Waals surface area contributed by atoms with Crippen molar-refractivity contribution in [3.63, 3.8) is 0 Å². The average molecular weight is 269 g/mol. The van der Waals surface area contributed by atoms with E-state index < -0.39 is 5.60 Å². The van der Waals surface area contributed by atoms with Crippen LogP contribution in [0.1, 0.15) is 59.3 Å². The van der Waals surface area contributed by atoms with Gasteiger partial charge in [0.05, 0.1) is 13.0 Å². The molecule has 0 radical (unpaired) electrons. The predicted octanol–water partition coefficient (Wildman–Crippen LogP) is 1.96. The second-order valence-electron chi connectivity index (χ2n) is 6.08. The van der Waals surface area contributed by atoms with Crippen LogP contribution in [0, 0.1) is 0 Å². The number of esters is 1. The molecule has 5 nitrogen and oxygen atoms in total. The average Bonchev–Trinajstić information content (AvgIpc) is 2.27. The van der Waals surface area contributed by atoms with Crippen LogP contribution in [-0.2, 0) is 9.53 Å². The second kappa shape index (κ2) is 7.36. The highest BCUT2D eigenvalue weighted by Gasteiger charge is 2.16. The first kappa shape index (κ1) is 15.8. The van der Waals surface area contributed by atoms with E-state index in [1.54, 1.807) is 0 Å². The maximum absolute atomic E-state index is 11.5. The van der Waals surface area contributed by atoms with Crippen LogP contribution in [-0.4, -0.2) is 30.1 Å². The van der Waals surface area contributed by atoms with E-state index in [-0.39, 0.29) is 12.4 Å². The Kier molecular flexibility index (Phi) is 6.12. The van der Waals surface area contributed by atoms with E-state index in [4.69, 9.17) is 10.5 Å². The van der Waals surface area contributed by atoms with Gasteiger partial charge in [0.25, 0.3) is 0 Å². The highest BCUT2D eigenvalue weighted by atomic mass is 16.6. The van der Waals surface area contributed by atoms with Crippen molar-refractivity contribution in [2.75, 3.05) is 6.54 Å². The Bertz CT molecular complexity index is 315. The van der Waals surface area contributed by atoms with Crippen molar-refractivity contribution >= 4 is 11.9 Å². The van der Waals surface area contributed by atoms with Crippen LogP contribution in [0.5, 0.6) is 0 Å². The van der Waals surface area contributed by atoms with E-state index in [0.29, 0.717) is 18.5 Å². The molecule has 0 aromatic rings. The molecule has 1 aliphatic carbocycles. The minimum atomic E-state index is -0.438. The molecule has 0 unspecified atom stereocenters. The molecule has 0 aliphatic heterocycles. The molecule has 1 fully saturated rings. The highest BCUT2D eigenvalue weighted by molar-refractivity contribution is 5.78. The lowest BCUT2D eigenvalue weighted by molar-refractivity contribution is -0.154. The summed E-state index contributed by atoms with van der Waals surface area (Å²) in [7, 11) is 0. The molecule has 1 saturated carbocycles. The maximum Gasteiger partial charge on any atom is 0.308 e. The van der Waals surface area contributed by atoms with Gasteiger partial charge in [0, 0.05) is 6.04 Å². The number of nitrogens with two attached hydrogens (primary N) is 1. The predicted molar refractivity (Wildman–Crippen MR) is 77.0 cm³/mol. The van der Waals surface area contributed by atoms with Gasteiger partial charge in [-0.2, -0.15) is 0 Å². The zero-order chi connectivity index (χ0) is 14.3. The van der Waals surface area contributed by atoms with Gasteiger partial charge >= 0.3 is 5.97 Å². The van der Waals surface area contributed by atoms with Gasteiger partial charge in [0.1, 0.15) is 5.60 Å². The Morgan fingerprint density at radius 1 is 1.32 bits per heavy atom. The van der Waals surface area contributed by atoms with E-state index in [9.17, 15) is 4.79 Å². The SMILES string of the molecule is CC(C)(C)OC(=O)CCN=C(N)NC1CCCCC1. The summed E-state index contributed by atoms with van der Waals surface area (Å²) < 4.78 is 5.20. The lowest BCUT2D eigenvalue weighted by atomic mass is 9.96. The normalized spacial score (nSPS) is 18.2. The number of nitrogens with one attached hydrogen (secondary N) is 1. The molecule has 0 heterocycles. The summed E-state index contributed by atoms with van der Waals surface area (Å²) in [4.78, 5) is 15.6. The monoisotopic (exact) mass is 269 g/mol. The number of hydrogen-bond donors (Lipinski definition) is 2. The van der Waals surface area contributed by atoms with Crippen LogP contribution < -0.4 is 11.1 Å². The number of ether oxygens (including phenoxy) is 1. The van der Waals surface area contributed by atoms with Crippen molar-refractivity contribution in [1.29, 1.82) is 0 Å². The van der Waals surface area contributed by atoms with Crippen molar-refractivity contribution in [3.8, 4) is 0 Å². The highest BCUT2D eigenvalue weighted by Crippen LogP contribution is 2.17. The fourth-order valence-electron chi connectivity index (χ4n) is 2.16. The Balaban J connectivity index is 2.22. The number of hydrogen-bond acceptors (Lipinski definition) is 3. The van der Waals surface area contributed by atoms with Gasteiger partial charge in [-0.1, -0.05) is 19.3 Å². The summed E-state index contributed by atoms with van der Waals surface area (Å²) in [6, 6.07) is 0.444. The van der Waals surface area contributed by atoms with Gasteiger partial charge in [0.2, 0.25) is 0 Å². The summed E-state index contributed by atoms with van der Waals surface area (Å²) in [5.41, 5.74) is 5.37. The van der Waals surface area contributed by atoms with Gasteiger partial charge in [-0.05, 0) is 33.6 Å². The number of carbonyl (C=O) groups is 1. The third kappa shape index (κ3) is 7.70. The Hall–Kier alpha value is -1.26. The molecule has 0 spiro atoms. The Morgan fingerprint density at radius 3 is 2.53 bits per heavy atom. The minimum absolute atomic E-state index is 0.235. The molecule has 0 bridgehead atoms. The van der Waals surface area contributed by atoms with E-state index in [1.807, 2.05) is 20.8 Å². The van der Waals surface area contributed by atoms with Crippen molar-refractivity contribution in [2.45, 2.75) is 70.9 Å².